The topological polar surface area (TPSA) is 65.6 Å². The molecule has 0 aliphatic carbocycles. The van der Waals surface area contributed by atoms with Crippen LogP contribution in [0.3, 0.4) is 0 Å². The minimum Gasteiger partial charge on any atom is -0.496 e. The number of hydrogen-bond acceptors (Lipinski definition) is 5. The van der Waals surface area contributed by atoms with E-state index in [9.17, 15) is 4.79 Å². The van der Waals surface area contributed by atoms with Crippen molar-refractivity contribution >= 4 is 5.91 Å². The second-order valence-electron chi connectivity index (χ2n) is 8.12. The Bertz CT molecular complexity index is 823. The summed E-state index contributed by atoms with van der Waals surface area (Å²) in [4.78, 5) is 15.6. The minimum atomic E-state index is -0.146. The molecule has 2 aromatic carbocycles. The van der Waals surface area contributed by atoms with Crippen LogP contribution in [0.1, 0.15) is 42.5 Å². The number of nitrogens with zero attached hydrogens (tertiary/aromatic N) is 1. The van der Waals surface area contributed by atoms with E-state index >= 15 is 0 Å². The van der Waals surface area contributed by atoms with Crippen LogP contribution in [-0.4, -0.2) is 44.1 Å². The van der Waals surface area contributed by atoms with Crippen molar-refractivity contribution in [2.24, 2.45) is 5.92 Å². The summed E-state index contributed by atoms with van der Waals surface area (Å²) < 4.78 is 5.64. The summed E-state index contributed by atoms with van der Waals surface area (Å²) in [5, 5.41) is 3.26. The van der Waals surface area contributed by atoms with E-state index in [-0.39, 0.29) is 23.9 Å². The van der Waals surface area contributed by atoms with Gasteiger partial charge in [0, 0.05) is 18.7 Å². The van der Waals surface area contributed by atoms with E-state index in [1.165, 1.54) is 19.3 Å². The minimum absolute atomic E-state index is 0.0223. The van der Waals surface area contributed by atoms with Crippen LogP contribution in [0.15, 0.2) is 54.6 Å². The maximum absolute atomic E-state index is 13.2. The number of carbonyl (C=O) groups excluding carboxylic acids is 1. The van der Waals surface area contributed by atoms with Crippen LogP contribution in [0.2, 0.25) is 0 Å². The number of methoxy groups -OCH3 is 1. The van der Waals surface area contributed by atoms with Gasteiger partial charge in [-0.05, 0) is 37.6 Å². The van der Waals surface area contributed by atoms with Crippen LogP contribution in [0.5, 0.6) is 5.75 Å². The smallest absolute Gasteiger partial charge is 0.226 e. The molecular weight excluding hydrogens is 376 g/mol. The van der Waals surface area contributed by atoms with Crippen molar-refractivity contribution in [1.82, 2.24) is 21.1 Å². The third-order valence-corrected chi connectivity index (χ3v) is 6.28. The number of hydrogen-bond donors (Lipinski definition) is 3. The lowest BCUT2D eigenvalue weighted by molar-refractivity contribution is -0.125. The van der Waals surface area contributed by atoms with Crippen molar-refractivity contribution < 1.29 is 9.53 Å². The van der Waals surface area contributed by atoms with Gasteiger partial charge in [-0.2, -0.15) is 0 Å². The van der Waals surface area contributed by atoms with Gasteiger partial charge in [-0.15, -0.1) is 0 Å². The summed E-state index contributed by atoms with van der Waals surface area (Å²) in [6.07, 6.45) is 3.68. The van der Waals surface area contributed by atoms with Crippen LogP contribution < -0.4 is 20.9 Å². The molecule has 1 amide bonds. The Hall–Kier alpha value is -2.41. The van der Waals surface area contributed by atoms with Crippen LogP contribution in [0, 0.1) is 5.92 Å². The average Bonchev–Trinajstić information content (AvgIpc) is 3.31. The van der Waals surface area contributed by atoms with Crippen molar-refractivity contribution in [2.45, 2.75) is 31.3 Å². The maximum Gasteiger partial charge on any atom is 0.226 e. The van der Waals surface area contributed by atoms with Crippen molar-refractivity contribution in [3.63, 3.8) is 0 Å². The molecular formula is C24H32N4O2. The molecule has 3 unspecified atom stereocenters. The lowest BCUT2D eigenvalue weighted by atomic mass is 9.94. The van der Waals surface area contributed by atoms with E-state index < -0.39 is 0 Å². The number of likely N-dealkylation sites (tertiary alicyclic amines) is 1. The number of nitrogens with one attached hydrogen (secondary N) is 3. The first-order chi connectivity index (χ1) is 14.8. The zero-order valence-corrected chi connectivity index (χ0v) is 17.6. The van der Waals surface area contributed by atoms with Crippen molar-refractivity contribution in [3.05, 3.63) is 65.7 Å². The molecule has 0 radical (unpaired) electrons. The highest BCUT2D eigenvalue weighted by Gasteiger charge is 2.34. The molecule has 0 spiro atoms. The van der Waals surface area contributed by atoms with Crippen molar-refractivity contribution in [3.8, 4) is 5.75 Å². The zero-order chi connectivity index (χ0) is 20.8. The average molecular weight is 409 g/mol. The van der Waals surface area contributed by atoms with Gasteiger partial charge in [0.2, 0.25) is 5.91 Å². The molecule has 6 heteroatoms. The second kappa shape index (κ2) is 10.1. The molecule has 2 aliphatic rings. The first-order valence-corrected chi connectivity index (χ1v) is 11.0. The van der Waals surface area contributed by atoms with E-state index in [1.807, 2.05) is 36.4 Å². The van der Waals surface area contributed by atoms with Gasteiger partial charge in [0.1, 0.15) is 5.75 Å². The van der Waals surface area contributed by atoms with Gasteiger partial charge in [0.15, 0.2) is 0 Å². The first-order valence-electron chi connectivity index (χ1n) is 11.0. The van der Waals surface area contributed by atoms with E-state index in [0.717, 1.165) is 30.0 Å². The Labute approximate surface area is 179 Å². The summed E-state index contributed by atoms with van der Waals surface area (Å²) >= 11 is 0. The van der Waals surface area contributed by atoms with E-state index in [2.05, 4.69) is 39.3 Å². The highest BCUT2D eigenvalue weighted by atomic mass is 16.5. The normalized spacial score (nSPS) is 23.1. The summed E-state index contributed by atoms with van der Waals surface area (Å²) in [7, 11) is 1.71. The van der Waals surface area contributed by atoms with Crippen LogP contribution >= 0.6 is 0 Å². The van der Waals surface area contributed by atoms with Gasteiger partial charge >= 0.3 is 0 Å². The number of amides is 1. The maximum atomic E-state index is 13.2. The van der Waals surface area contributed by atoms with Gasteiger partial charge in [-0.25, -0.2) is 5.43 Å². The molecule has 2 aliphatic heterocycles. The number of benzene rings is 2. The van der Waals surface area contributed by atoms with E-state index in [1.54, 1.807) is 7.11 Å². The number of ether oxygens (including phenoxy) is 1. The molecule has 0 bridgehead atoms. The lowest BCUT2D eigenvalue weighted by Crippen LogP contribution is -2.43. The Morgan fingerprint density at radius 3 is 2.60 bits per heavy atom. The molecule has 3 N–H and O–H groups in total. The Balaban J connectivity index is 1.48. The molecule has 2 aromatic rings. The van der Waals surface area contributed by atoms with Gasteiger partial charge in [0.05, 0.1) is 25.1 Å². The van der Waals surface area contributed by atoms with E-state index in [0.29, 0.717) is 13.1 Å². The SMILES string of the molecule is COc1ccccc1C(CNC(=O)C1CNNC1c1ccccc1)N1CCCCC1. The number of carbonyl (C=O) groups is 1. The summed E-state index contributed by atoms with van der Waals surface area (Å²) in [5.74, 6) is 0.819. The third kappa shape index (κ3) is 4.67. The predicted molar refractivity (Wildman–Crippen MR) is 118 cm³/mol. The first kappa shape index (κ1) is 20.8. The predicted octanol–water partition coefficient (Wildman–Crippen LogP) is 2.80. The Kier molecular flexibility index (Phi) is 7.00. The molecule has 2 fully saturated rings. The zero-order valence-electron chi connectivity index (χ0n) is 17.6. The number of hydrazine groups is 1. The summed E-state index contributed by atoms with van der Waals surface area (Å²) in [5.41, 5.74) is 8.69. The molecule has 30 heavy (non-hydrogen) atoms. The van der Waals surface area contributed by atoms with Gasteiger partial charge in [-0.3, -0.25) is 15.1 Å². The van der Waals surface area contributed by atoms with E-state index in [4.69, 9.17) is 4.74 Å². The molecule has 0 aromatic heterocycles. The lowest BCUT2D eigenvalue weighted by Gasteiger charge is -2.35. The molecule has 160 valence electrons. The highest BCUT2D eigenvalue weighted by molar-refractivity contribution is 5.80. The molecule has 6 nitrogen and oxygen atoms in total. The van der Waals surface area contributed by atoms with Crippen LogP contribution in [0.25, 0.3) is 0 Å². The second-order valence-corrected chi connectivity index (χ2v) is 8.12. The molecule has 0 saturated carbocycles. The van der Waals surface area contributed by atoms with Gasteiger partial charge < -0.3 is 10.1 Å². The fraction of sp³-hybridized carbons (Fsp3) is 0.458. The fourth-order valence-electron chi connectivity index (χ4n) is 4.65. The fourth-order valence-corrected chi connectivity index (χ4v) is 4.65. The van der Waals surface area contributed by atoms with Crippen molar-refractivity contribution in [1.29, 1.82) is 0 Å². The molecule has 4 rings (SSSR count). The Morgan fingerprint density at radius 2 is 1.83 bits per heavy atom. The monoisotopic (exact) mass is 408 g/mol. The summed E-state index contributed by atoms with van der Waals surface area (Å²) in [6, 6.07) is 18.4. The highest BCUT2D eigenvalue weighted by Crippen LogP contribution is 2.31. The summed E-state index contributed by atoms with van der Waals surface area (Å²) in [6.45, 7) is 3.31. The van der Waals surface area contributed by atoms with Gasteiger partial charge in [0.25, 0.3) is 0 Å². The molecule has 2 saturated heterocycles. The Morgan fingerprint density at radius 1 is 1.10 bits per heavy atom. The quantitative estimate of drug-likeness (QED) is 0.658. The number of piperidine rings is 1. The molecule has 3 atom stereocenters. The van der Waals surface area contributed by atoms with Crippen LogP contribution in [0.4, 0.5) is 0 Å². The molecule has 2 heterocycles. The third-order valence-electron chi connectivity index (χ3n) is 6.28. The van der Waals surface area contributed by atoms with Crippen molar-refractivity contribution in [2.75, 3.05) is 33.3 Å². The number of para-hydroxylation sites is 1. The number of rotatable bonds is 7. The van der Waals surface area contributed by atoms with Crippen LogP contribution in [-0.2, 0) is 4.79 Å². The standard InChI is InChI=1S/C24H32N4O2/c1-30-22-13-7-6-12-19(22)21(28-14-8-3-9-15-28)17-25-24(29)20-16-26-27-23(20)18-10-4-2-5-11-18/h2,4-7,10-13,20-21,23,26-27H,3,8-9,14-17H2,1H3,(H,25,29). The van der Waals surface area contributed by atoms with Gasteiger partial charge in [-0.1, -0.05) is 55.0 Å². The largest absolute Gasteiger partial charge is 0.496 e.